The number of hydrogen-bond donors (Lipinski definition) is 1. The average molecular weight is 162 g/mol. The van der Waals surface area contributed by atoms with E-state index in [-0.39, 0.29) is 5.91 Å². The predicted molar refractivity (Wildman–Crippen MR) is 46.6 cm³/mol. The van der Waals surface area contributed by atoms with Crippen LogP contribution in [-0.4, -0.2) is 12.1 Å². The van der Waals surface area contributed by atoms with E-state index in [1.807, 2.05) is 18.4 Å². The van der Waals surface area contributed by atoms with Gasteiger partial charge in [-0.3, -0.25) is 9.79 Å². The zero-order valence-corrected chi connectivity index (χ0v) is 6.87. The molecule has 0 aromatic carbocycles. The van der Waals surface area contributed by atoms with Gasteiger partial charge in [0.05, 0.1) is 17.8 Å². The summed E-state index contributed by atoms with van der Waals surface area (Å²) in [5.41, 5.74) is 1.72. The average Bonchev–Trinajstić information content (AvgIpc) is 2.31. The van der Waals surface area contributed by atoms with Crippen LogP contribution >= 0.6 is 0 Å². The van der Waals surface area contributed by atoms with Crippen LogP contribution < -0.4 is 5.32 Å². The van der Waals surface area contributed by atoms with Crippen LogP contribution in [0.15, 0.2) is 28.5 Å². The first kappa shape index (κ1) is 7.28. The number of hydrogen-bond acceptors (Lipinski definition) is 2. The zero-order valence-electron chi connectivity index (χ0n) is 6.87. The summed E-state index contributed by atoms with van der Waals surface area (Å²) >= 11 is 0. The van der Waals surface area contributed by atoms with E-state index in [2.05, 4.69) is 17.2 Å². The van der Waals surface area contributed by atoms with E-state index in [0.717, 1.165) is 11.4 Å². The SMILES string of the molecule is CC1C=CC2=C(CC(=O)N2)N=C1. The van der Waals surface area contributed by atoms with E-state index in [9.17, 15) is 4.79 Å². The van der Waals surface area contributed by atoms with Gasteiger partial charge in [-0.15, -0.1) is 0 Å². The molecule has 0 aromatic heterocycles. The Morgan fingerprint density at radius 3 is 3.33 bits per heavy atom. The molecule has 0 aliphatic carbocycles. The summed E-state index contributed by atoms with van der Waals surface area (Å²) in [6.45, 7) is 2.06. The molecule has 0 aromatic rings. The highest BCUT2D eigenvalue weighted by Crippen LogP contribution is 2.19. The summed E-state index contributed by atoms with van der Waals surface area (Å²) in [5, 5.41) is 2.76. The fourth-order valence-corrected chi connectivity index (χ4v) is 1.27. The van der Waals surface area contributed by atoms with Crippen molar-refractivity contribution in [3.63, 3.8) is 0 Å². The van der Waals surface area contributed by atoms with Crippen molar-refractivity contribution in [1.29, 1.82) is 0 Å². The minimum absolute atomic E-state index is 0.0383. The van der Waals surface area contributed by atoms with Gasteiger partial charge in [0.25, 0.3) is 0 Å². The Morgan fingerprint density at radius 2 is 2.50 bits per heavy atom. The summed E-state index contributed by atoms with van der Waals surface area (Å²) in [7, 11) is 0. The van der Waals surface area contributed by atoms with Crippen molar-refractivity contribution in [3.05, 3.63) is 23.5 Å². The summed E-state index contributed by atoms with van der Waals surface area (Å²) in [6, 6.07) is 0. The number of amides is 1. The molecular weight excluding hydrogens is 152 g/mol. The lowest BCUT2D eigenvalue weighted by Gasteiger charge is -1.94. The minimum atomic E-state index is 0.0383. The maximum Gasteiger partial charge on any atom is 0.230 e. The molecule has 0 spiro atoms. The Morgan fingerprint density at radius 1 is 1.67 bits per heavy atom. The molecular formula is C9H10N2O. The van der Waals surface area contributed by atoms with Crippen LogP contribution in [0.25, 0.3) is 0 Å². The molecule has 0 bridgehead atoms. The topological polar surface area (TPSA) is 41.5 Å². The molecule has 0 fully saturated rings. The first-order valence-corrected chi connectivity index (χ1v) is 4.01. The smallest absolute Gasteiger partial charge is 0.230 e. The molecule has 2 aliphatic heterocycles. The Hall–Kier alpha value is -1.38. The lowest BCUT2D eigenvalue weighted by Crippen LogP contribution is -2.13. The Balaban J connectivity index is 2.31. The second-order valence-corrected chi connectivity index (χ2v) is 3.08. The molecule has 1 unspecified atom stereocenters. The Labute approximate surface area is 70.9 Å². The Kier molecular flexibility index (Phi) is 1.57. The summed E-state index contributed by atoms with van der Waals surface area (Å²) in [4.78, 5) is 15.2. The quantitative estimate of drug-likeness (QED) is 0.567. The number of rotatable bonds is 0. The number of carbonyl (C=O) groups is 1. The molecule has 1 amide bonds. The molecule has 2 heterocycles. The van der Waals surface area contributed by atoms with Gasteiger partial charge >= 0.3 is 0 Å². The van der Waals surface area contributed by atoms with Gasteiger partial charge in [-0.2, -0.15) is 0 Å². The van der Waals surface area contributed by atoms with Crippen LogP contribution in [0.4, 0.5) is 0 Å². The zero-order chi connectivity index (χ0) is 8.55. The number of aliphatic imine (C=N–C) groups is 1. The van der Waals surface area contributed by atoms with Crippen molar-refractivity contribution in [1.82, 2.24) is 5.32 Å². The summed E-state index contributed by atoms with van der Waals surface area (Å²) in [6.07, 6.45) is 6.23. The van der Waals surface area contributed by atoms with Crippen molar-refractivity contribution in [2.45, 2.75) is 13.3 Å². The third-order valence-corrected chi connectivity index (χ3v) is 1.94. The third-order valence-electron chi connectivity index (χ3n) is 1.94. The molecule has 2 rings (SSSR count). The molecule has 1 atom stereocenters. The fourth-order valence-electron chi connectivity index (χ4n) is 1.27. The van der Waals surface area contributed by atoms with Crippen LogP contribution in [0.3, 0.4) is 0 Å². The van der Waals surface area contributed by atoms with Gasteiger partial charge in [-0.05, 0) is 6.08 Å². The van der Waals surface area contributed by atoms with Gasteiger partial charge in [0, 0.05) is 12.1 Å². The van der Waals surface area contributed by atoms with Crippen LogP contribution in [0.1, 0.15) is 13.3 Å². The third kappa shape index (κ3) is 1.18. The van der Waals surface area contributed by atoms with Crippen LogP contribution in [0, 0.1) is 5.92 Å². The summed E-state index contributed by atoms with van der Waals surface area (Å²) < 4.78 is 0. The number of nitrogens with zero attached hydrogens (tertiary/aromatic N) is 1. The number of allylic oxidation sites excluding steroid dienone is 2. The molecule has 12 heavy (non-hydrogen) atoms. The van der Waals surface area contributed by atoms with Crippen LogP contribution in [0.5, 0.6) is 0 Å². The number of nitrogens with one attached hydrogen (secondary N) is 1. The molecule has 3 heteroatoms. The molecule has 1 N–H and O–H groups in total. The lowest BCUT2D eigenvalue weighted by atomic mass is 10.2. The highest BCUT2D eigenvalue weighted by molar-refractivity contribution is 5.86. The normalized spacial score (nSPS) is 27.1. The predicted octanol–water partition coefficient (Wildman–Crippen LogP) is 0.995. The van der Waals surface area contributed by atoms with E-state index >= 15 is 0 Å². The minimum Gasteiger partial charge on any atom is -0.324 e. The highest BCUT2D eigenvalue weighted by Gasteiger charge is 2.19. The largest absolute Gasteiger partial charge is 0.324 e. The van der Waals surface area contributed by atoms with Gasteiger partial charge in [0.15, 0.2) is 0 Å². The van der Waals surface area contributed by atoms with Crippen molar-refractivity contribution in [2.24, 2.45) is 10.9 Å². The van der Waals surface area contributed by atoms with E-state index < -0.39 is 0 Å². The van der Waals surface area contributed by atoms with E-state index in [4.69, 9.17) is 0 Å². The van der Waals surface area contributed by atoms with Crippen molar-refractivity contribution >= 4 is 12.1 Å². The molecule has 0 saturated carbocycles. The van der Waals surface area contributed by atoms with Crippen molar-refractivity contribution in [2.75, 3.05) is 0 Å². The second kappa shape index (κ2) is 2.59. The molecule has 62 valence electrons. The fraction of sp³-hybridized carbons (Fsp3) is 0.333. The maximum absolute atomic E-state index is 10.9. The van der Waals surface area contributed by atoms with Gasteiger partial charge in [0.1, 0.15) is 0 Å². The second-order valence-electron chi connectivity index (χ2n) is 3.08. The standard InChI is InChI=1S/C9H10N2O/c1-6-2-3-7-8(10-5-6)4-9(12)11-7/h2-3,5-6H,4H2,1H3,(H,11,12). The first-order valence-electron chi connectivity index (χ1n) is 4.01. The Bertz CT molecular complexity index is 284. The van der Waals surface area contributed by atoms with Crippen molar-refractivity contribution in [3.8, 4) is 0 Å². The van der Waals surface area contributed by atoms with Gasteiger partial charge < -0.3 is 5.32 Å². The molecule has 3 nitrogen and oxygen atoms in total. The van der Waals surface area contributed by atoms with E-state index in [1.54, 1.807) is 0 Å². The molecule has 2 aliphatic rings. The lowest BCUT2D eigenvalue weighted by molar-refractivity contribution is -0.118. The van der Waals surface area contributed by atoms with Gasteiger partial charge in [0.2, 0.25) is 5.91 Å². The number of carbonyl (C=O) groups excluding carboxylic acids is 1. The van der Waals surface area contributed by atoms with E-state index in [1.165, 1.54) is 0 Å². The van der Waals surface area contributed by atoms with Gasteiger partial charge in [-0.25, -0.2) is 0 Å². The van der Waals surface area contributed by atoms with Gasteiger partial charge in [-0.1, -0.05) is 13.0 Å². The molecule has 0 radical (unpaired) electrons. The summed E-state index contributed by atoms with van der Waals surface area (Å²) in [5.74, 6) is 0.392. The van der Waals surface area contributed by atoms with E-state index in [0.29, 0.717) is 12.3 Å². The maximum atomic E-state index is 10.9. The van der Waals surface area contributed by atoms with Crippen LogP contribution in [-0.2, 0) is 4.79 Å². The van der Waals surface area contributed by atoms with Crippen molar-refractivity contribution < 1.29 is 4.79 Å². The monoisotopic (exact) mass is 162 g/mol. The first-order chi connectivity index (χ1) is 5.75. The highest BCUT2D eigenvalue weighted by atomic mass is 16.1. The molecule has 0 saturated heterocycles. The van der Waals surface area contributed by atoms with Crippen LogP contribution in [0.2, 0.25) is 0 Å².